The van der Waals surface area contributed by atoms with Crippen molar-refractivity contribution in [3.63, 3.8) is 0 Å². The van der Waals surface area contributed by atoms with Gasteiger partial charge in [0, 0.05) is 30.4 Å². The normalized spacial score (nSPS) is 12.8. The van der Waals surface area contributed by atoms with Crippen LogP contribution in [-0.4, -0.2) is 24.5 Å². The zero-order chi connectivity index (χ0) is 17.2. The monoisotopic (exact) mass is 341 g/mol. The van der Waals surface area contributed by atoms with Gasteiger partial charge in [-0.15, -0.1) is 0 Å². The molecule has 1 N–H and O–H groups in total. The van der Waals surface area contributed by atoms with E-state index in [1.165, 1.54) is 6.26 Å². The molecule has 1 heterocycles. The fourth-order valence-corrected chi connectivity index (χ4v) is 3.12. The van der Waals surface area contributed by atoms with Gasteiger partial charge in [0.2, 0.25) is 0 Å². The lowest BCUT2D eigenvalue weighted by molar-refractivity contribution is 0.602. The molecule has 6 heteroatoms. The van der Waals surface area contributed by atoms with Gasteiger partial charge < -0.3 is 5.32 Å². The minimum absolute atomic E-state index is 0.0737. The Kier molecular flexibility index (Phi) is 4.40. The van der Waals surface area contributed by atoms with Crippen LogP contribution in [0.15, 0.2) is 71.9 Å². The minimum atomic E-state index is -3.17. The Morgan fingerprint density at radius 2 is 1.83 bits per heavy atom. The number of aromatic nitrogens is 2. The van der Waals surface area contributed by atoms with Gasteiger partial charge in [-0.2, -0.15) is 5.10 Å². The molecule has 0 radical (unpaired) electrons. The Morgan fingerprint density at radius 1 is 1.08 bits per heavy atom. The van der Waals surface area contributed by atoms with Crippen LogP contribution < -0.4 is 5.32 Å². The van der Waals surface area contributed by atoms with Crippen LogP contribution in [0.4, 0.5) is 5.69 Å². The summed E-state index contributed by atoms with van der Waals surface area (Å²) in [4.78, 5) is 0.321. The average molecular weight is 341 g/mol. The second-order valence-corrected chi connectivity index (χ2v) is 7.72. The molecule has 1 atom stereocenters. The molecule has 24 heavy (non-hydrogen) atoms. The van der Waals surface area contributed by atoms with Crippen molar-refractivity contribution >= 4 is 15.5 Å². The summed E-state index contributed by atoms with van der Waals surface area (Å²) >= 11 is 0. The Labute approximate surface area is 141 Å². The summed E-state index contributed by atoms with van der Waals surface area (Å²) in [5.41, 5.74) is 2.99. The van der Waals surface area contributed by atoms with E-state index in [-0.39, 0.29) is 6.04 Å². The highest BCUT2D eigenvalue weighted by molar-refractivity contribution is 7.90. The maximum atomic E-state index is 11.5. The van der Waals surface area contributed by atoms with E-state index >= 15 is 0 Å². The molecule has 2 aromatic carbocycles. The van der Waals surface area contributed by atoms with Crippen molar-refractivity contribution < 1.29 is 8.42 Å². The fourth-order valence-electron chi connectivity index (χ4n) is 2.49. The first-order valence-electron chi connectivity index (χ1n) is 7.60. The molecule has 0 aliphatic rings. The van der Waals surface area contributed by atoms with Crippen molar-refractivity contribution in [1.29, 1.82) is 0 Å². The van der Waals surface area contributed by atoms with Crippen LogP contribution in [0.2, 0.25) is 0 Å². The summed E-state index contributed by atoms with van der Waals surface area (Å²) in [6, 6.07) is 16.9. The molecule has 0 bridgehead atoms. The van der Waals surface area contributed by atoms with E-state index in [9.17, 15) is 8.42 Å². The summed E-state index contributed by atoms with van der Waals surface area (Å²) < 4.78 is 24.8. The van der Waals surface area contributed by atoms with Gasteiger partial charge in [-0.05, 0) is 55.0 Å². The van der Waals surface area contributed by atoms with Gasteiger partial charge in [-0.25, -0.2) is 13.1 Å². The Morgan fingerprint density at radius 3 is 2.46 bits per heavy atom. The van der Waals surface area contributed by atoms with Gasteiger partial charge in [-0.1, -0.05) is 12.1 Å². The third kappa shape index (κ3) is 3.65. The molecular formula is C18H19N3O2S. The lowest BCUT2D eigenvalue weighted by Crippen LogP contribution is -2.08. The SMILES string of the molecule is CC(Nc1ccc(S(C)(=O)=O)cc1)c1cccc(-n2cccn2)c1. The molecule has 1 aromatic heterocycles. The van der Waals surface area contributed by atoms with Crippen LogP contribution in [0.3, 0.4) is 0 Å². The molecule has 0 saturated carbocycles. The largest absolute Gasteiger partial charge is 0.379 e. The highest BCUT2D eigenvalue weighted by atomic mass is 32.2. The first-order chi connectivity index (χ1) is 11.4. The van der Waals surface area contributed by atoms with E-state index in [4.69, 9.17) is 0 Å². The fraction of sp³-hybridized carbons (Fsp3) is 0.167. The number of hydrogen-bond donors (Lipinski definition) is 1. The highest BCUT2D eigenvalue weighted by Gasteiger charge is 2.09. The molecule has 1 unspecified atom stereocenters. The summed E-state index contributed by atoms with van der Waals surface area (Å²) in [7, 11) is -3.17. The van der Waals surface area contributed by atoms with Gasteiger partial charge in [0.05, 0.1) is 10.6 Å². The number of nitrogens with zero attached hydrogens (tertiary/aromatic N) is 2. The first-order valence-corrected chi connectivity index (χ1v) is 9.49. The Hall–Kier alpha value is -2.60. The highest BCUT2D eigenvalue weighted by Crippen LogP contribution is 2.22. The topological polar surface area (TPSA) is 64.0 Å². The van der Waals surface area contributed by atoms with Crippen LogP contribution in [-0.2, 0) is 9.84 Å². The van der Waals surface area contributed by atoms with Crippen molar-refractivity contribution in [2.45, 2.75) is 17.9 Å². The van der Waals surface area contributed by atoms with Crippen LogP contribution in [0.1, 0.15) is 18.5 Å². The second kappa shape index (κ2) is 6.49. The van der Waals surface area contributed by atoms with Gasteiger partial charge in [0.1, 0.15) is 0 Å². The maximum Gasteiger partial charge on any atom is 0.175 e. The van der Waals surface area contributed by atoms with E-state index in [1.54, 1.807) is 30.5 Å². The van der Waals surface area contributed by atoms with Crippen molar-refractivity contribution in [2.75, 3.05) is 11.6 Å². The molecule has 5 nitrogen and oxygen atoms in total. The molecule has 0 aliphatic carbocycles. The molecule has 0 fully saturated rings. The Bertz CT molecular complexity index is 917. The smallest absolute Gasteiger partial charge is 0.175 e. The van der Waals surface area contributed by atoms with E-state index < -0.39 is 9.84 Å². The van der Waals surface area contributed by atoms with Crippen molar-refractivity contribution in [3.05, 3.63) is 72.6 Å². The summed E-state index contributed by atoms with van der Waals surface area (Å²) in [6.07, 6.45) is 4.86. The summed E-state index contributed by atoms with van der Waals surface area (Å²) in [5, 5.41) is 7.63. The third-order valence-electron chi connectivity index (χ3n) is 3.80. The van der Waals surface area contributed by atoms with Gasteiger partial charge >= 0.3 is 0 Å². The lowest BCUT2D eigenvalue weighted by atomic mass is 10.1. The number of sulfone groups is 1. The van der Waals surface area contributed by atoms with E-state index in [0.29, 0.717) is 4.90 Å². The molecule has 124 valence electrons. The number of benzene rings is 2. The molecule has 0 aliphatic heterocycles. The summed E-state index contributed by atoms with van der Waals surface area (Å²) in [6.45, 7) is 2.06. The average Bonchev–Trinajstić information content (AvgIpc) is 3.09. The maximum absolute atomic E-state index is 11.5. The molecule has 0 spiro atoms. The van der Waals surface area contributed by atoms with E-state index in [2.05, 4.69) is 29.5 Å². The standard InChI is InChI=1S/C18H19N3O2S/c1-14(20-16-7-9-18(10-8-16)24(2,22)23)15-5-3-6-17(13-15)21-12-4-11-19-21/h3-14,20H,1-2H3. The molecule has 3 rings (SSSR count). The van der Waals surface area contributed by atoms with Crippen LogP contribution >= 0.6 is 0 Å². The number of anilines is 1. The third-order valence-corrected chi connectivity index (χ3v) is 4.93. The minimum Gasteiger partial charge on any atom is -0.379 e. The van der Waals surface area contributed by atoms with Gasteiger partial charge in [0.25, 0.3) is 0 Å². The van der Waals surface area contributed by atoms with E-state index in [1.807, 2.05) is 29.1 Å². The lowest BCUT2D eigenvalue weighted by Gasteiger charge is -2.17. The van der Waals surface area contributed by atoms with Crippen LogP contribution in [0.25, 0.3) is 5.69 Å². The summed E-state index contributed by atoms with van der Waals surface area (Å²) in [5.74, 6) is 0. The Balaban J connectivity index is 1.78. The predicted molar refractivity (Wildman–Crippen MR) is 95.2 cm³/mol. The molecular weight excluding hydrogens is 322 g/mol. The molecule has 0 amide bonds. The molecule has 0 saturated heterocycles. The van der Waals surface area contributed by atoms with Crippen LogP contribution in [0.5, 0.6) is 0 Å². The van der Waals surface area contributed by atoms with Crippen molar-refractivity contribution in [2.24, 2.45) is 0 Å². The van der Waals surface area contributed by atoms with Crippen molar-refractivity contribution in [1.82, 2.24) is 9.78 Å². The van der Waals surface area contributed by atoms with Gasteiger partial charge in [0.15, 0.2) is 9.84 Å². The zero-order valence-electron chi connectivity index (χ0n) is 13.5. The predicted octanol–water partition coefficient (Wildman–Crippen LogP) is 3.45. The number of hydrogen-bond acceptors (Lipinski definition) is 4. The van der Waals surface area contributed by atoms with Crippen molar-refractivity contribution in [3.8, 4) is 5.69 Å². The number of nitrogens with one attached hydrogen (secondary N) is 1. The zero-order valence-corrected chi connectivity index (χ0v) is 14.4. The second-order valence-electron chi connectivity index (χ2n) is 5.71. The van der Waals surface area contributed by atoms with E-state index in [0.717, 1.165) is 16.9 Å². The number of rotatable bonds is 5. The first kappa shape index (κ1) is 16.3. The van der Waals surface area contributed by atoms with Gasteiger partial charge in [-0.3, -0.25) is 0 Å². The molecule has 3 aromatic rings. The van der Waals surface area contributed by atoms with Crippen LogP contribution in [0, 0.1) is 0 Å². The quantitative estimate of drug-likeness (QED) is 0.772.